The first-order chi connectivity index (χ1) is 7.83. The second-order valence-electron chi connectivity index (χ2n) is 4.89. The van der Waals surface area contributed by atoms with Crippen molar-refractivity contribution in [2.75, 3.05) is 0 Å². The van der Waals surface area contributed by atoms with E-state index in [1.807, 2.05) is 12.4 Å². The lowest BCUT2D eigenvalue weighted by atomic mass is 10.1. The zero-order valence-electron chi connectivity index (χ0n) is 10.4. The van der Waals surface area contributed by atoms with Crippen molar-refractivity contribution >= 4 is 0 Å². The summed E-state index contributed by atoms with van der Waals surface area (Å²) in [5, 5.41) is 3.74. The normalized spacial score (nSPS) is 27.1. The van der Waals surface area contributed by atoms with Gasteiger partial charge in [0.15, 0.2) is 0 Å². The van der Waals surface area contributed by atoms with Gasteiger partial charge in [0.25, 0.3) is 0 Å². The van der Waals surface area contributed by atoms with Gasteiger partial charge in [-0.25, -0.2) is 4.98 Å². The van der Waals surface area contributed by atoms with E-state index >= 15 is 0 Å². The highest BCUT2D eigenvalue weighted by Crippen LogP contribution is 2.29. The van der Waals surface area contributed by atoms with Crippen molar-refractivity contribution in [1.82, 2.24) is 15.3 Å². The fraction of sp³-hybridized carbons (Fsp3) is 0.769. The first kappa shape index (κ1) is 11.6. The maximum Gasteiger partial charge on any atom is 0.123 e. The maximum atomic E-state index is 4.35. The summed E-state index contributed by atoms with van der Waals surface area (Å²) in [7, 11) is 0. The van der Waals surface area contributed by atoms with Gasteiger partial charge in [-0.15, -0.1) is 0 Å². The van der Waals surface area contributed by atoms with Crippen LogP contribution in [0, 0.1) is 5.92 Å². The van der Waals surface area contributed by atoms with Crippen LogP contribution in [0.25, 0.3) is 0 Å². The van der Waals surface area contributed by atoms with Gasteiger partial charge in [-0.3, -0.25) is 0 Å². The smallest absolute Gasteiger partial charge is 0.123 e. The number of aromatic amines is 1. The molecule has 90 valence electrons. The number of hydrogen-bond acceptors (Lipinski definition) is 2. The van der Waals surface area contributed by atoms with E-state index in [0.29, 0.717) is 12.1 Å². The Kier molecular flexibility index (Phi) is 3.99. The van der Waals surface area contributed by atoms with Gasteiger partial charge in [0.1, 0.15) is 5.82 Å². The third-order valence-electron chi connectivity index (χ3n) is 3.81. The van der Waals surface area contributed by atoms with Crippen molar-refractivity contribution in [3.05, 3.63) is 18.2 Å². The molecular weight excluding hydrogens is 198 g/mol. The summed E-state index contributed by atoms with van der Waals surface area (Å²) < 4.78 is 0. The predicted molar refractivity (Wildman–Crippen MR) is 66.2 cm³/mol. The monoisotopic (exact) mass is 221 g/mol. The van der Waals surface area contributed by atoms with Gasteiger partial charge < -0.3 is 10.3 Å². The van der Waals surface area contributed by atoms with Gasteiger partial charge >= 0.3 is 0 Å². The second kappa shape index (κ2) is 5.48. The number of imidazole rings is 1. The molecule has 0 radical (unpaired) electrons. The third-order valence-corrected chi connectivity index (χ3v) is 3.81. The topological polar surface area (TPSA) is 40.7 Å². The molecule has 1 fully saturated rings. The van der Waals surface area contributed by atoms with Crippen molar-refractivity contribution in [1.29, 1.82) is 0 Å². The van der Waals surface area contributed by atoms with Crippen LogP contribution >= 0.6 is 0 Å². The van der Waals surface area contributed by atoms with Crippen LogP contribution < -0.4 is 5.32 Å². The number of hydrogen-bond donors (Lipinski definition) is 2. The Labute approximate surface area is 98.1 Å². The number of rotatable bonds is 5. The molecule has 0 aliphatic heterocycles. The predicted octanol–water partition coefficient (Wildman–Crippen LogP) is 3.03. The molecule has 1 aromatic rings. The molecule has 2 N–H and O–H groups in total. The molecule has 1 aliphatic rings. The molecular formula is C13H23N3. The van der Waals surface area contributed by atoms with E-state index in [1.165, 1.54) is 25.7 Å². The highest BCUT2D eigenvalue weighted by molar-refractivity contribution is 4.97. The summed E-state index contributed by atoms with van der Waals surface area (Å²) in [5.41, 5.74) is 0. The molecule has 3 heteroatoms. The number of nitrogens with zero attached hydrogens (tertiary/aromatic N) is 1. The summed E-state index contributed by atoms with van der Waals surface area (Å²) in [6.45, 7) is 4.52. The van der Waals surface area contributed by atoms with Crippen molar-refractivity contribution < 1.29 is 0 Å². The van der Waals surface area contributed by atoms with Gasteiger partial charge in [-0.2, -0.15) is 0 Å². The SMILES string of the molecule is CCC1CCC(NC(CC)c2ncc[nH]2)C1. The van der Waals surface area contributed by atoms with E-state index in [9.17, 15) is 0 Å². The lowest BCUT2D eigenvalue weighted by Gasteiger charge is -2.20. The fourth-order valence-electron chi connectivity index (χ4n) is 2.74. The summed E-state index contributed by atoms with van der Waals surface area (Å²) in [4.78, 5) is 7.56. The number of aromatic nitrogens is 2. The fourth-order valence-corrected chi connectivity index (χ4v) is 2.74. The molecule has 0 spiro atoms. The molecule has 1 saturated carbocycles. The molecule has 0 aromatic carbocycles. The van der Waals surface area contributed by atoms with E-state index in [4.69, 9.17) is 0 Å². The second-order valence-corrected chi connectivity index (χ2v) is 4.89. The Balaban J connectivity index is 1.88. The quantitative estimate of drug-likeness (QED) is 0.802. The minimum atomic E-state index is 0.399. The van der Waals surface area contributed by atoms with Crippen molar-refractivity contribution in [3.8, 4) is 0 Å². The molecule has 0 amide bonds. The van der Waals surface area contributed by atoms with Gasteiger partial charge in [0, 0.05) is 18.4 Å². The third kappa shape index (κ3) is 2.64. The highest BCUT2D eigenvalue weighted by Gasteiger charge is 2.25. The lowest BCUT2D eigenvalue weighted by molar-refractivity contribution is 0.404. The maximum absolute atomic E-state index is 4.35. The van der Waals surface area contributed by atoms with Gasteiger partial charge in [-0.1, -0.05) is 20.3 Å². The molecule has 3 nitrogen and oxygen atoms in total. The molecule has 3 unspecified atom stereocenters. The van der Waals surface area contributed by atoms with E-state index in [-0.39, 0.29) is 0 Å². The molecule has 2 rings (SSSR count). The van der Waals surface area contributed by atoms with E-state index in [0.717, 1.165) is 18.2 Å². The minimum absolute atomic E-state index is 0.399. The van der Waals surface area contributed by atoms with Crippen LogP contribution in [-0.2, 0) is 0 Å². The lowest BCUT2D eigenvalue weighted by Crippen LogP contribution is -2.31. The molecule has 16 heavy (non-hydrogen) atoms. The summed E-state index contributed by atoms with van der Waals surface area (Å²) in [6.07, 6.45) is 10.2. The van der Waals surface area contributed by atoms with Crippen LogP contribution in [0.3, 0.4) is 0 Å². The van der Waals surface area contributed by atoms with Gasteiger partial charge in [0.2, 0.25) is 0 Å². The number of nitrogens with one attached hydrogen (secondary N) is 2. The Morgan fingerprint density at radius 1 is 1.50 bits per heavy atom. The van der Waals surface area contributed by atoms with Crippen molar-refractivity contribution in [2.45, 2.75) is 58.0 Å². The molecule has 1 heterocycles. The van der Waals surface area contributed by atoms with Crippen LogP contribution in [-0.4, -0.2) is 16.0 Å². The standard InChI is InChI=1S/C13H23N3/c1-3-10-5-6-11(9-10)16-12(4-2)13-14-7-8-15-13/h7-8,10-12,16H,3-6,9H2,1-2H3,(H,14,15). The van der Waals surface area contributed by atoms with E-state index in [2.05, 4.69) is 29.1 Å². The van der Waals surface area contributed by atoms with Crippen molar-refractivity contribution in [2.24, 2.45) is 5.92 Å². The Bertz CT molecular complexity index is 294. The molecule has 3 atom stereocenters. The first-order valence-electron chi connectivity index (χ1n) is 6.58. The minimum Gasteiger partial charge on any atom is -0.347 e. The van der Waals surface area contributed by atoms with Gasteiger partial charge in [0.05, 0.1) is 6.04 Å². The molecule has 0 bridgehead atoms. The molecule has 1 aromatic heterocycles. The average Bonchev–Trinajstić information content (AvgIpc) is 2.96. The average molecular weight is 221 g/mol. The first-order valence-corrected chi connectivity index (χ1v) is 6.58. The zero-order valence-corrected chi connectivity index (χ0v) is 10.4. The van der Waals surface area contributed by atoms with Crippen LogP contribution in [0.4, 0.5) is 0 Å². The summed E-state index contributed by atoms with van der Waals surface area (Å²) in [6, 6.07) is 1.09. The van der Waals surface area contributed by atoms with Crippen LogP contribution in [0.1, 0.15) is 57.8 Å². The van der Waals surface area contributed by atoms with Crippen LogP contribution in [0.5, 0.6) is 0 Å². The Morgan fingerprint density at radius 2 is 2.38 bits per heavy atom. The summed E-state index contributed by atoms with van der Waals surface area (Å²) >= 11 is 0. The molecule has 0 saturated heterocycles. The Hall–Kier alpha value is -0.830. The number of H-pyrrole nitrogens is 1. The molecule has 1 aliphatic carbocycles. The van der Waals surface area contributed by atoms with Gasteiger partial charge in [-0.05, 0) is 31.6 Å². The van der Waals surface area contributed by atoms with Crippen molar-refractivity contribution in [3.63, 3.8) is 0 Å². The van der Waals surface area contributed by atoms with E-state index < -0.39 is 0 Å². The van der Waals surface area contributed by atoms with E-state index in [1.54, 1.807) is 0 Å². The van der Waals surface area contributed by atoms with Crippen LogP contribution in [0.15, 0.2) is 12.4 Å². The highest BCUT2D eigenvalue weighted by atomic mass is 15.0. The largest absolute Gasteiger partial charge is 0.347 e. The van der Waals surface area contributed by atoms with Crippen LogP contribution in [0.2, 0.25) is 0 Å². The summed E-state index contributed by atoms with van der Waals surface area (Å²) in [5.74, 6) is 2.02. The zero-order chi connectivity index (χ0) is 11.4. The Morgan fingerprint density at radius 3 is 2.94 bits per heavy atom.